The quantitative estimate of drug-likeness (QED) is 0.633. The summed E-state index contributed by atoms with van der Waals surface area (Å²) in [6, 6.07) is 4.04. The highest BCUT2D eigenvalue weighted by Gasteiger charge is 2.38. The van der Waals surface area contributed by atoms with Crippen LogP contribution in [0.4, 0.5) is 22.4 Å². The molecule has 11 heteroatoms. The molecule has 2 aromatic rings. The molecule has 0 radical (unpaired) electrons. The Morgan fingerprint density at radius 1 is 1.15 bits per heavy atom. The zero-order valence-corrected chi connectivity index (χ0v) is 20.2. The molecule has 1 N–H and O–H groups in total. The molecule has 10 nitrogen and oxygen atoms in total. The van der Waals surface area contributed by atoms with E-state index in [-0.39, 0.29) is 12.5 Å². The van der Waals surface area contributed by atoms with Gasteiger partial charge in [0, 0.05) is 31.1 Å². The number of hydrogen-bond acceptors (Lipinski definition) is 11. The topological polar surface area (TPSA) is 98.3 Å². The van der Waals surface area contributed by atoms with Crippen molar-refractivity contribution in [1.82, 2.24) is 9.97 Å². The Balaban J connectivity index is 1.64. The Bertz CT molecular complexity index is 1050. The molecule has 34 heavy (non-hydrogen) atoms. The molecular weight excluding hydrogens is 458 g/mol. The average Bonchev–Trinajstić information content (AvgIpc) is 3.40. The Morgan fingerprint density at radius 3 is 2.50 bits per heavy atom. The molecule has 1 atom stereocenters. The second-order valence-electron chi connectivity index (χ2n) is 8.16. The van der Waals surface area contributed by atoms with Gasteiger partial charge in [0.2, 0.25) is 5.95 Å². The van der Waals surface area contributed by atoms with E-state index in [9.17, 15) is 4.79 Å². The molecule has 0 spiro atoms. The number of nitrogens with zero attached hydrogens (tertiary/aromatic N) is 4. The van der Waals surface area contributed by atoms with Gasteiger partial charge in [-0.05, 0) is 25.3 Å². The minimum atomic E-state index is -0.720. The van der Waals surface area contributed by atoms with Crippen molar-refractivity contribution < 1.29 is 23.7 Å². The van der Waals surface area contributed by atoms with Gasteiger partial charge in [0.25, 0.3) is 0 Å². The van der Waals surface area contributed by atoms with Crippen molar-refractivity contribution in [3.63, 3.8) is 0 Å². The first kappa shape index (κ1) is 22.9. The predicted octanol–water partition coefficient (Wildman–Crippen LogP) is 3.17. The second-order valence-corrected chi connectivity index (χ2v) is 9.14. The van der Waals surface area contributed by atoms with Crippen LogP contribution in [0.25, 0.3) is 0 Å². The summed E-state index contributed by atoms with van der Waals surface area (Å²) in [5.41, 5.74) is 1.62. The first-order valence-electron chi connectivity index (χ1n) is 11.6. The first-order chi connectivity index (χ1) is 16.7. The van der Waals surface area contributed by atoms with Crippen LogP contribution in [0.15, 0.2) is 29.0 Å². The van der Waals surface area contributed by atoms with Crippen molar-refractivity contribution in [2.24, 2.45) is 0 Å². The van der Waals surface area contributed by atoms with Crippen molar-refractivity contribution in [1.29, 1.82) is 0 Å². The average molecular weight is 488 g/mol. The SMILES string of the molecule is CCOC(=O)OC1=C(C)Nc2nc(N3CCOCC3)nc(N3CCOCC3)c2C1c1cccs1. The van der Waals surface area contributed by atoms with E-state index >= 15 is 0 Å². The molecule has 182 valence electrons. The zero-order chi connectivity index (χ0) is 23.5. The van der Waals surface area contributed by atoms with Crippen molar-refractivity contribution in [2.75, 3.05) is 74.3 Å². The maximum absolute atomic E-state index is 12.4. The van der Waals surface area contributed by atoms with E-state index in [1.54, 1.807) is 18.3 Å². The molecule has 2 saturated heterocycles. The Kier molecular flexibility index (Phi) is 6.84. The highest BCUT2D eigenvalue weighted by atomic mass is 32.1. The molecule has 3 aliphatic rings. The summed E-state index contributed by atoms with van der Waals surface area (Å²) in [5.74, 6) is 2.40. The fraction of sp³-hybridized carbons (Fsp3) is 0.522. The number of rotatable bonds is 5. The van der Waals surface area contributed by atoms with E-state index in [0.717, 1.165) is 54.0 Å². The summed E-state index contributed by atoms with van der Waals surface area (Å²) in [6.07, 6.45) is -0.720. The number of aromatic nitrogens is 2. The van der Waals surface area contributed by atoms with E-state index in [0.29, 0.717) is 38.1 Å². The van der Waals surface area contributed by atoms with Gasteiger partial charge in [-0.1, -0.05) is 6.07 Å². The molecule has 2 aromatic heterocycles. The number of anilines is 3. The van der Waals surface area contributed by atoms with Gasteiger partial charge in [-0.15, -0.1) is 11.3 Å². The number of morpholine rings is 2. The summed E-state index contributed by atoms with van der Waals surface area (Å²) in [4.78, 5) is 27.8. The third-order valence-electron chi connectivity index (χ3n) is 6.03. The minimum Gasteiger partial charge on any atom is -0.434 e. The van der Waals surface area contributed by atoms with Crippen LogP contribution in [-0.4, -0.2) is 75.3 Å². The summed E-state index contributed by atoms with van der Waals surface area (Å²) in [7, 11) is 0. The monoisotopic (exact) mass is 487 g/mol. The van der Waals surface area contributed by atoms with E-state index in [2.05, 4.69) is 15.1 Å². The van der Waals surface area contributed by atoms with E-state index in [4.69, 9.17) is 28.9 Å². The van der Waals surface area contributed by atoms with E-state index in [1.807, 2.05) is 24.4 Å². The maximum Gasteiger partial charge on any atom is 0.513 e. The minimum absolute atomic E-state index is 0.240. The first-order valence-corrected chi connectivity index (χ1v) is 12.5. The third-order valence-corrected chi connectivity index (χ3v) is 6.96. The lowest BCUT2D eigenvalue weighted by molar-refractivity contribution is 0.0778. The van der Waals surface area contributed by atoms with Crippen LogP contribution < -0.4 is 15.1 Å². The fourth-order valence-electron chi connectivity index (χ4n) is 4.41. The lowest BCUT2D eigenvalue weighted by atomic mass is 9.91. The van der Waals surface area contributed by atoms with Crippen LogP contribution in [0.5, 0.6) is 0 Å². The van der Waals surface area contributed by atoms with Crippen LogP contribution in [0.2, 0.25) is 0 Å². The summed E-state index contributed by atoms with van der Waals surface area (Å²) >= 11 is 1.61. The van der Waals surface area contributed by atoms with Crippen LogP contribution >= 0.6 is 11.3 Å². The van der Waals surface area contributed by atoms with E-state index in [1.165, 1.54) is 0 Å². The van der Waals surface area contributed by atoms with Crippen LogP contribution in [0.1, 0.15) is 30.2 Å². The Labute approximate surface area is 202 Å². The molecule has 3 aliphatic heterocycles. The van der Waals surface area contributed by atoms with Crippen molar-refractivity contribution in [3.8, 4) is 0 Å². The number of carbonyl (C=O) groups excluding carboxylic acids is 1. The summed E-state index contributed by atoms with van der Waals surface area (Å²) < 4.78 is 22.0. The van der Waals surface area contributed by atoms with Crippen molar-refractivity contribution in [2.45, 2.75) is 19.8 Å². The van der Waals surface area contributed by atoms with Gasteiger partial charge in [-0.3, -0.25) is 0 Å². The molecule has 5 heterocycles. The van der Waals surface area contributed by atoms with Gasteiger partial charge in [0.05, 0.1) is 50.2 Å². The Hall–Kier alpha value is -2.89. The van der Waals surface area contributed by atoms with Crippen LogP contribution in [0, 0.1) is 0 Å². The summed E-state index contributed by atoms with van der Waals surface area (Å²) in [5, 5.41) is 5.41. The number of fused-ring (bicyclic) bond motifs is 1. The number of carbonyl (C=O) groups is 1. The molecule has 0 aliphatic carbocycles. The second kappa shape index (κ2) is 10.2. The third kappa shape index (κ3) is 4.55. The largest absolute Gasteiger partial charge is 0.513 e. The highest BCUT2D eigenvalue weighted by molar-refractivity contribution is 7.10. The number of hydrogen-bond donors (Lipinski definition) is 1. The van der Waals surface area contributed by atoms with Gasteiger partial charge in [0.1, 0.15) is 17.4 Å². The highest BCUT2D eigenvalue weighted by Crippen LogP contribution is 2.47. The lowest BCUT2D eigenvalue weighted by Gasteiger charge is -2.36. The van der Waals surface area contributed by atoms with Crippen LogP contribution in [0.3, 0.4) is 0 Å². The number of ether oxygens (including phenoxy) is 4. The normalized spacial score (nSPS) is 20.6. The van der Waals surface area contributed by atoms with Crippen molar-refractivity contribution >= 4 is 35.1 Å². The Morgan fingerprint density at radius 2 is 1.85 bits per heavy atom. The molecular formula is C23H29N5O5S. The molecule has 0 saturated carbocycles. The number of nitrogens with one attached hydrogen (secondary N) is 1. The molecule has 5 rings (SSSR count). The zero-order valence-electron chi connectivity index (χ0n) is 19.4. The standard InChI is InChI=1S/C23H29N5O5S/c1-3-32-23(29)33-19-15(2)24-20-18(17(19)16-5-4-14-34-16)21(27-6-10-30-11-7-27)26-22(25-20)28-8-12-31-13-9-28/h4-5,14,17H,3,6-13H2,1-2H3,(H,24,25,26). The molecule has 0 amide bonds. The van der Waals surface area contributed by atoms with Gasteiger partial charge in [-0.2, -0.15) is 9.97 Å². The van der Waals surface area contributed by atoms with Gasteiger partial charge < -0.3 is 34.1 Å². The molecule has 1 unspecified atom stereocenters. The molecule has 0 aromatic carbocycles. The maximum atomic E-state index is 12.4. The lowest BCUT2D eigenvalue weighted by Crippen LogP contribution is -2.41. The van der Waals surface area contributed by atoms with Gasteiger partial charge in [-0.25, -0.2) is 4.79 Å². The van der Waals surface area contributed by atoms with Crippen molar-refractivity contribution in [3.05, 3.63) is 39.4 Å². The molecule has 0 bridgehead atoms. The molecule has 2 fully saturated rings. The van der Waals surface area contributed by atoms with E-state index < -0.39 is 6.16 Å². The number of allylic oxidation sites excluding steroid dienone is 2. The summed E-state index contributed by atoms with van der Waals surface area (Å²) in [6.45, 7) is 9.36. The van der Waals surface area contributed by atoms with Gasteiger partial charge in [0.15, 0.2) is 0 Å². The fourth-order valence-corrected chi connectivity index (χ4v) is 5.25. The predicted molar refractivity (Wildman–Crippen MR) is 129 cm³/mol. The smallest absolute Gasteiger partial charge is 0.434 e. The van der Waals surface area contributed by atoms with Crippen LogP contribution in [-0.2, 0) is 18.9 Å². The van der Waals surface area contributed by atoms with Gasteiger partial charge >= 0.3 is 6.16 Å². The number of thiophene rings is 1.